The molecule has 0 fully saturated rings. The molecule has 0 radical (unpaired) electrons. The van der Waals surface area contributed by atoms with Gasteiger partial charge in [0.05, 0.1) is 13.7 Å². The van der Waals surface area contributed by atoms with Crippen LogP contribution in [0, 0.1) is 0 Å². The van der Waals surface area contributed by atoms with Gasteiger partial charge in [-0.1, -0.05) is 38.3 Å². The first-order chi connectivity index (χ1) is 9.26. The highest BCUT2D eigenvalue weighted by molar-refractivity contribution is 5.87. The van der Waals surface area contributed by atoms with Crippen molar-refractivity contribution in [2.45, 2.75) is 32.6 Å². The molecule has 0 aliphatic rings. The van der Waals surface area contributed by atoms with Crippen LogP contribution in [0.1, 0.15) is 38.2 Å². The number of ether oxygens (including phenoxy) is 2. The highest BCUT2D eigenvalue weighted by Gasteiger charge is 1.97. The lowest BCUT2D eigenvalue weighted by Crippen LogP contribution is -2.02. The average molecular weight is 262 g/mol. The Balaban J connectivity index is 2.28. The van der Waals surface area contributed by atoms with Crippen LogP contribution in [0.25, 0.3) is 6.08 Å². The Morgan fingerprint density at radius 1 is 1.16 bits per heavy atom. The normalized spacial score (nSPS) is 10.6. The molecule has 3 heteroatoms. The van der Waals surface area contributed by atoms with Crippen LogP contribution in [0.3, 0.4) is 0 Å². The molecule has 1 aromatic rings. The number of rotatable bonds is 8. The van der Waals surface area contributed by atoms with Gasteiger partial charge in [-0.15, -0.1) is 0 Å². The summed E-state index contributed by atoms with van der Waals surface area (Å²) in [6.07, 6.45) is 7.64. The van der Waals surface area contributed by atoms with Crippen LogP contribution < -0.4 is 4.74 Å². The summed E-state index contributed by atoms with van der Waals surface area (Å²) in [5, 5.41) is 0. The summed E-state index contributed by atoms with van der Waals surface area (Å²) < 4.78 is 10.2. The van der Waals surface area contributed by atoms with E-state index in [0.29, 0.717) is 6.61 Å². The van der Waals surface area contributed by atoms with E-state index in [1.54, 1.807) is 13.2 Å². The molecule has 0 amide bonds. The SMILES string of the molecule is CCCCCCOC(=O)C=Cc1ccc(OC)cc1. The van der Waals surface area contributed by atoms with E-state index in [2.05, 4.69) is 6.92 Å². The molecule has 0 aromatic heterocycles. The first kappa shape index (κ1) is 15.3. The molecule has 19 heavy (non-hydrogen) atoms. The number of carbonyl (C=O) groups excluding carboxylic acids is 1. The summed E-state index contributed by atoms with van der Waals surface area (Å²) >= 11 is 0. The predicted molar refractivity (Wildman–Crippen MR) is 77.1 cm³/mol. The number of unbranched alkanes of at least 4 members (excludes halogenated alkanes) is 3. The van der Waals surface area contributed by atoms with E-state index in [0.717, 1.165) is 24.2 Å². The third-order valence-corrected chi connectivity index (χ3v) is 2.77. The monoisotopic (exact) mass is 262 g/mol. The van der Waals surface area contributed by atoms with Crippen LogP contribution in [-0.4, -0.2) is 19.7 Å². The van der Waals surface area contributed by atoms with Gasteiger partial charge in [-0.3, -0.25) is 0 Å². The lowest BCUT2D eigenvalue weighted by Gasteiger charge is -2.01. The quantitative estimate of drug-likeness (QED) is 0.406. The summed E-state index contributed by atoms with van der Waals surface area (Å²) in [6, 6.07) is 7.50. The Labute approximate surface area is 115 Å². The van der Waals surface area contributed by atoms with Crippen molar-refractivity contribution in [3.63, 3.8) is 0 Å². The van der Waals surface area contributed by atoms with E-state index in [-0.39, 0.29) is 5.97 Å². The number of methoxy groups -OCH3 is 1. The summed E-state index contributed by atoms with van der Waals surface area (Å²) in [7, 11) is 1.63. The smallest absolute Gasteiger partial charge is 0.330 e. The molecule has 1 rings (SSSR count). The Hall–Kier alpha value is -1.77. The maximum Gasteiger partial charge on any atom is 0.330 e. The summed E-state index contributed by atoms with van der Waals surface area (Å²) in [4.78, 5) is 11.4. The largest absolute Gasteiger partial charge is 0.497 e. The van der Waals surface area contributed by atoms with Crippen molar-refractivity contribution in [2.24, 2.45) is 0 Å². The van der Waals surface area contributed by atoms with Crippen LogP contribution in [0.5, 0.6) is 5.75 Å². The molecule has 0 aliphatic heterocycles. The van der Waals surface area contributed by atoms with Gasteiger partial charge in [-0.05, 0) is 30.2 Å². The van der Waals surface area contributed by atoms with E-state index in [1.807, 2.05) is 24.3 Å². The van der Waals surface area contributed by atoms with Crippen molar-refractivity contribution >= 4 is 12.0 Å². The molecule has 0 bridgehead atoms. The molecule has 0 unspecified atom stereocenters. The highest BCUT2D eigenvalue weighted by atomic mass is 16.5. The fraction of sp³-hybridized carbons (Fsp3) is 0.438. The molecule has 0 aliphatic carbocycles. The minimum absolute atomic E-state index is 0.285. The second-order valence-electron chi connectivity index (χ2n) is 4.33. The molecule has 0 heterocycles. The second-order valence-corrected chi connectivity index (χ2v) is 4.33. The zero-order valence-corrected chi connectivity index (χ0v) is 11.7. The topological polar surface area (TPSA) is 35.5 Å². The van der Waals surface area contributed by atoms with Crippen LogP contribution in [0.2, 0.25) is 0 Å². The average Bonchev–Trinajstić information content (AvgIpc) is 2.45. The van der Waals surface area contributed by atoms with E-state index >= 15 is 0 Å². The molecule has 0 N–H and O–H groups in total. The highest BCUT2D eigenvalue weighted by Crippen LogP contribution is 2.12. The Morgan fingerprint density at radius 2 is 1.89 bits per heavy atom. The van der Waals surface area contributed by atoms with Crippen LogP contribution in [-0.2, 0) is 9.53 Å². The Kier molecular flexibility index (Phi) is 7.40. The van der Waals surface area contributed by atoms with Crippen molar-refractivity contribution in [1.82, 2.24) is 0 Å². The van der Waals surface area contributed by atoms with Crippen molar-refractivity contribution in [3.05, 3.63) is 35.9 Å². The fourth-order valence-corrected chi connectivity index (χ4v) is 1.63. The van der Waals surface area contributed by atoms with Crippen molar-refractivity contribution in [1.29, 1.82) is 0 Å². The maximum absolute atomic E-state index is 11.4. The maximum atomic E-state index is 11.4. The zero-order chi connectivity index (χ0) is 13.9. The van der Waals surface area contributed by atoms with Crippen molar-refractivity contribution < 1.29 is 14.3 Å². The molecule has 0 saturated carbocycles. The molecule has 3 nitrogen and oxygen atoms in total. The van der Waals surface area contributed by atoms with Gasteiger partial charge in [0.2, 0.25) is 0 Å². The lowest BCUT2D eigenvalue weighted by atomic mass is 10.2. The van der Waals surface area contributed by atoms with Crippen LogP contribution in [0.4, 0.5) is 0 Å². The molecular formula is C16H22O3. The number of benzene rings is 1. The third-order valence-electron chi connectivity index (χ3n) is 2.77. The van der Waals surface area contributed by atoms with Gasteiger partial charge in [0.1, 0.15) is 5.75 Å². The minimum Gasteiger partial charge on any atom is -0.497 e. The molecular weight excluding hydrogens is 240 g/mol. The van der Waals surface area contributed by atoms with E-state index < -0.39 is 0 Å². The molecule has 0 saturated heterocycles. The molecule has 0 atom stereocenters. The van der Waals surface area contributed by atoms with Crippen molar-refractivity contribution in [2.75, 3.05) is 13.7 Å². The number of hydrogen-bond acceptors (Lipinski definition) is 3. The first-order valence-corrected chi connectivity index (χ1v) is 6.75. The van der Waals surface area contributed by atoms with E-state index in [1.165, 1.54) is 18.9 Å². The van der Waals surface area contributed by atoms with Gasteiger partial charge in [0, 0.05) is 6.08 Å². The minimum atomic E-state index is -0.285. The number of hydrogen-bond donors (Lipinski definition) is 0. The number of carbonyl (C=O) groups is 1. The van der Waals surface area contributed by atoms with Crippen LogP contribution in [0.15, 0.2) is 30.3 Å². The summed E-state index contributed by atoms with van der Waals surface area (Å²) in [6.45, 7) is 2.66. The van der Waals surface area contributed by atoms with Gasteiger partial charge in [0.15, 0.2) is 0 Å². The Morgan fingerprint density at radius 3 is 2.53 bits per heavy atom. The standard InChI is InChI=1S/C16H22O3/c1-3-4-5-6-13-19-16(17)12-9-14-7-10-15(18-2)11-8-14/h7-12H,3-6,13H2,1-2H3. The van der Waals surface area contributed by atoms with Gasteiger partial charge in [-0.25, -0.2) is 4.79 Å². The van der Waals surface area contributed by atoms with E-state index in [9.17, 15) is 4.79 Å². The van der Waals surface area contributed by atoms with Gasteiger partial charge >= 0.3 is 5.97 Å². The lowest BCUT2D eigenvalue weighted by molar-refractivity contribution is -0.137. The third kappa shape index (κ3) is 6.65. The van der Waals surface area contributed by atoms with Gasteiger partial charge in [0.25, 0.3) is 0 Å². The zero-order valence-electron chi connectivity index (χ0n) is 11.7. The van der Waals surface area contributed by atoms with E-state index in [4.69, 9.17) is 9.47 Å². The summed E-state index contributed by atoms with van der Waals surface area (Å²) in [5.74, 6) is 0.517. The first-order valence-electron chi connectivity index (χ1n) is 6.75. The van der Waals surface area contributed by atoms with Gasteiger partial charge in [-0.2, -0.15) is 0 Å². The molecule has 0 spiro atoms. The molecule has 1 aromatic carbocycles. The van der Waals surface area contributed by atoms with Crippen LogP contribution >= 0.6 is 0 Å². The predicted octanol–water partition coefficient (Wildman–Crippen LogP) is 3.83. The second kappa shape index (κ2) is 9.20. The fourth-order valence-electron chi connectivity index (χ4n) is 1.63. The Bertz CT molecular complexity index is 393. The number of esters is 1. The summed E-state index contributed by atoms with van der Waals surface area (Å²) in [5.41, 5.74) is 0.948. The van der Waals surface area contributed by atoms with Crippen molar-refractivity contribution in [3.8, 4) is 5.75 Å². The molecule has 104 valence electrons. The van der Waals surface area contributed by atoms with Gasteiger partial charge < -0.3 is 9.47 Å².